The van der Waals surface area contributed by atoms with Crippen molar-refractivity contribution in [2.24, 2.45) is 4.99 Å². The molecule has 2 unspecified atom stereocenters. The summed E-state index contributed by atoms with van der Waals surface area (Å²) < 4.78 is 11.1. The van der Waals surface area contributed by atoms with Gasteiger partial charge in [-0.15, -0.1) is 0 Å². The Morgan fingerprint density at radius 1 is 1.34 bits per heavy atom. The maximum atomic E-state index is 9.48. The monoisotopic (exact) mass is 410 g/mol. The molecule has 0 bridgehead atoms. The molecule has 0 saturated heterocycles. The normalized spacial score (nSPS) is 25.5. The number of ether oxygens (including phenoxy) is 1. The molecule has 0 radical (unpaired) electrons. The van der Waals surface area contributed by atoms with E-state index in [4.69, 9.17) is 20.9 Å². The van der Waals surface area contributed by atoms with E-state index in [0.29, 0.717) is 11.6 Å². The van der Waals surface area contributed by atoms with E-state index < -0.39 is 11.2 Å². The first-order valence-electron chi connectivity index (χ1n) is 9.10. The van der Waals surface area contributed by atoms with Crippen molar-refractivity contribution >= 4 is 29.6 Å². The third-order valence-electron chi connectivity index (χ3n) is 5.66. The van der Waals surface area contributed by atoms with Gasteiger partial charge < -0.3 is 9.26 Å². The maximum Gasteiger partial charge on any atom is 0.348 e. The zero-order valence-corrected chi connectivity index (χ0v) is 16.1. The van der Waals surface area contributed by atoms with E-state index in [1.165, 1.54) is 4.90 Å². The predicted octanol–water partition coefficient (Wildman–Crippen LogP) is 2.41. The van der Waals surface area contributed by atoms with Crippen LogP contribution in [0.2, 0.25) is 0 Å². The van der Waals surface area contributed by atoms with Gasteiger partial charge in [-0.3, -0.25) is 4.90 Å². The number of halogens is 1. The fourth-order valence-electron chi connectivity index (χ4n) is 3.97. The minimum absolute atomic E-state index is 0.274. The maximum absolute atomic E-state index is 9.48. The highest BCUT2D eigenvalue weighted by atomic mass is 35.5. The summed E-state index contributed by atoms with van der Waals surface area (Å²) in [4.78, 5) is 12.5. The number of methoxy groups -OCH3 is 1. The van der Waals surface area contributed by atoms with E-state index in [1.54, 1.807) is 24.7 Å². The number of aliphatic imine (C=N–C) groups is 1. The van der Waals surface area contributed by atoms with Crippen LogP contribution >= 0.6 is 11.6 Å². The Morgan fingerprint density at radius 2 is 2.17 bits per heavy atom. The van der Waals surface area contributed by atoms with Crippen LogP contribution < -0.4 is 9.91 Å². The van der Waals surface area contributed by atoms with Crippen LogP contribution in [-0.4, -0.2) is 39.1 Å². The van der Waals surface area contributed by atoms with Gasteiger partial charge in [0.1, 0.15) is 11.9 Å². The molecule has 29 heavy (non-hydrogen) atoms. The number of anilines is 2. The number of alkyl halides is 1. The Labute approximate surface area is 170 Å². The van der Waals surface area contributed by atoms with Gasteiger partial charge in [0, 0.05) is 12.7 Å². The average molecular weight is 411 g/mol. The number of hydrazine groups is 1. The van der Waals surface area contributed by atoms with Gasteiger partial charge in [0.15, 0.2) is 23.8 Å². The molecule has 0 spiro atoms. The van der Waals surface area contributed by atoms with E-state index >= 15 is 0 Å². The highest BCUT2D eigenvalue weighted by molar-refractivity contribution is 6.22. The lowest BCUT2D eigenvalue weighted by atomic mass is 10.1. The quantitative estimate of drug-likeness (QED) is 0.429. The average Bonchev–Trinajstić information content (AvgIpc) is 3.08. The Hall–Kier alpha value is -3.29. The number of fused-ring (bicyclic) bond motifs is 6. The van der Waals surface area contributed by atoms with Crippen molar-refractivity contribution in [2.45, 2.75) is 30.2 Å². The SMILES string of the molecule is COC1(c2noc(N3C=NC4c5ccccc5N5C(=CN(C#N)C5Cl)N43)n2)CC1. The summed E-state index contributed by atoms with van der Waals surface area (Å²) in [6.07, 6.45) is 6.84. The van der Waals surface area contributed by atoms with Crippen LogP contribution in [0.4, 0.5) is 11.7 Å². The van der Waals surface area contributed by atoms with Crippen molar-refractivity contribution < 1.29 is 9.26 Å². The van der Waals surface area contributed by atoms with E-state index in [0.717, 1.165) is 24.1 Å². The fourth-order valence-corrected chi connectivity index (χ4v) is 4.27. The molecule has 0 N–H and O–H groups in total. The first kappa shape index (κ1) is 16.6. The number of hydrogen-bond acceptors (Lipinski definition) is 10. The molecule has 2 aromatic rings. The van der Waals surface area contributed by atoms with Crippen LogP contribution in [0, 0.1) is 11.5 Å². The standard InChI is InChI=1S/C18H15ClN8O2/c1-28-18(6-7-18)15-22-17(29-23-15)25-10-21-14-11-4-2-3-5-12(11)26-13(27(14)25)8-24(9-20)16(26)19/h2-5,8,10,14,16H,6-7H2,1H3. The number of nitriles is 1. The van der Waals surface area contributed by atoms with Crippen molar-refractivity contribution in [1.82, 2.24) is 20.0 Å². The smallest absolute Gasteiger partial charge is 0.348 e. The molecule has 6 rings (SSSR count). The number of aromatic nitrogens is 2. The van der Waals surface area contributed by atoms with Gasteiger partial charge in [0.2, 0.25) is 5.82 Å². The van der Waals surface area contributed by atoms with Gasteiger partial charge in [-0.25, -0.2) is 14.9 Å². The Morgan fingerprint density at radius 3 is 2.93 bits per heavy atom. The third-order valence-corrected chi connectivity index (χ3v) is 6.07. The lowest BCUT2D eigenvalue weighted by Gasteiger charge is -2.42. The molecule has 1 aromatic heterocycles. The number of benzene rings is 1. The van der Waals surface area contributed by atoms with E-state index in [1.807, 2.05) is 34.2 Å². The fraction of sp³-hybridized carbons (Fsp3) is 0.333. The highest BCUT2D eigenvalue weighted by Crippen LogP contribution is 2.50. The Bertz CT molecular complexity index is 1100. The van der Waals surface area contributed by atoms with Crippen LogP contribution in [0.5, 0.6) is 0 Å². The van der Waals surface area contributed by atoms with E-state index in [-0.39, 0.29) is 12.2 Å². The first-order chi connectivity index (χ1) is 14.2. The van der Waals surface area contributed by atoms with Crippen LogP contribution in [0.15, 0.2) is 45.8 Å². The second-order valence-electron chi connectivity index (χ2n) is 7.16. The van der Waals surface area contributed by atoms with Gasteiger partial charge in [-0.2, -0.15) is 15.3 Å². The summed E-state index contributed by atoms with van der Waals surface area (Å²) in [5.74, 6) is 1.22. The Kier molecular flexibility index (Phi) is 3.23. The van der Waals surface area contributed by atoms with Crippen LogP contribution in [0.3, 0.4) is 0 Å². The van der Waals surface area contributed by atoms with Crippen molar-refractivity contribution in [3.8, 4) is 6.19 Å². The molecule has 1 fully saturated rings. The second kappa shape index (κ2) is 5.62. The van der Waals surface area contributed by atoms with Gasteiger partial charge in [0.25, 0.3) is 0 Å². The molecule has 2 atom stereocenters. The van der Waals surface area contributed by atoms with E-state index in [2.05, 4.69) is 21.3 Å². The van der Waals surface area contributed by atoms with Crippen molar-refractivity contribution in [1.29, 1.82) is 5.26 Å². The van der Waals surface area contributed by atoms with Gasteiger partial charge in [0.05, 0.1) is 11.9 Å². The molecule has 11 heteroatoms. The summed E-state index contributed by atoms with van der Waals surface area (Å²) in [7, 11) is 1.65. The van der Waals surface area contributed by atoms with Crippen molar-refractivity contribution in [3.63, 3.8) is 0 Å². The third kappa shape index (κ3) is 2.11. The number of hydrogen-bond donors (Lipinski definition) is 0. The molecule has 1 saturated carbocycles. The van der Waals surface area contributed by atoms with E-state index in [9.17, 15) is 5.26 Å². The number of para-hydroxylation sites is 1. The lowest BCUT2D eigenvalue weighted by molar-refractivity contribution is 0.0689. The summed E-state index contributed by atoms with van der Waals surface area (Å²) in [5.41, 5.74) is 0.730. The van der Waals surface area contributed by atoms with Gasteiger partial charge in [-0.1, -0.05) is 35.0 Å². The topological polar surface area (TPSA) is 97.3 Å². The van der Waals surface area contributed by atoms with Crippen LogP contribution in [-0.2, 0) is 10.3 Å². The van der Waals surface area contributed by atoms with Gasteiger partial charge in [-0.05, 0) is 18.9 Å². The summed E-state index contributed by atoms with van der Waals surface area (Å²) in [6, 6.07) is 8.12. The second-order valence-corrected chi connectivity index (χ2v) is 7.55. The van der Waals surface area contributed by atoms with Crippen molar-refractivity contribution in [3.05, 3.63) is 47.7 Å². The predicted molar refractivity (Wildman–Crippen MR) is 102 cm³/mol. The lowest BCUT2D eigenvalue weighted by Crippen LogP contribution is -2.48. The molecule has 1 aliphatic carbocycles. The molecule has 1 aromatic carbocycles. The molecular weight excluding hydrogens is 396 g/mol. The highest BCUT2D eigenvalue weighted by Gasteiger charge is 2.51. The molecule has 4 heterocycles. The van der Waals surface area contributed by atoms with Crippen LogP contribution in [0.25, 0.3) is 0 Å². The molecule has 10 nitrogen and oxygen atoms in total. The van der Waals surface area contributed by atoms with Crippen molar-refractivity contribution in [2.75, 3.05) is 17.0 Å². The number of nitrogens with zero attached hydrogens (tertiary/aromatic N) is 8. The van der Waals surface area contributed by atoms with Crippen LogP contribution in [0.1, 0.15) is 30.4 Å². The summed E-state index contributed by atoms with van der Waals surface area (Å²) >= 11 is 6.58. The molecule has 4 aliphatic rings. The molecule has 146 valence electrons. The number of rotatable bonds is 3. The van der Waals surface area contributed by atoms with Gasteiger partial charge >= 0.3 is 6.01 Å². The molecular formula is C18H15ClN8O2. The molecule has 0 amide bonds. The minimum Gasteiger partial charge on any atom is -0.370 e. The Balaban J connectivity index is 1.44. The summed E-state index contributed by atoms with van der Waals surface area (Å²) in [5, 5.41) is 17.2. The zero-order valence-electron chi connectivity index (χ0n) is 15.3. The minimum atomic E-state index is -0.680. The largest absolute Gasteiger partial charge is 0.370 e. The zero-order chi connectivity index (χ0) is 19.8. The first-order valence-corrected chi connectivity index (χ1v) is 9.54. The summed E-state index contributed by atoms with van der Waals surface area (Å²) in [6.45, 7) is 0. The molecule has 3 aliphatic heterocycles.